The minimum Gasteiger partial charge on any atom is -0.496 e. The SMILES string of the molecule is CO.COc1cc2nccc(Cl)c2cc1Br.COc1cc2nccc(Cl)c2cc1S(=O)(=O)C(C)(C)C.COc1cc2nccc(Cl)c2cc1SC(C)(C)C.COc1cc2nccc(Nc3[nH]nc4ncc(F)cc34)c2cc1S(=O)(=O)C(C)(C)C.Nc1[nH]nc2ncc(F)cc12.O. The number of nitrogen functional groups attached to an aromatic ring is 1. The van der Waals surface area contributed by atoms with Crippen LogP contribution in [0, 0.1) is 11.6 Å². The van der Waals surface area contributed by atoms with Gasteiger partial charge in [-0.3, -0.25) is 30.1 Å². The fourth-order valence-corrected chi connectivity index (χ4v) is 13.6. The quantitative estimate of drug-likeness (QED) is 0.0838. The Labute approximate surface area is 580 Å². The molecule has 8 N–H and O–H groups in total. The number of aliphatic hydroxyl groups is 1. The topological polar surface area (TPSA) is 330 Å². The van der Waals surface area contributed by atoms with Crippen LogP contribution in [0.25, 0.3) is 65.7 Å². The van der Waals surface area contributed by atoms with E-state index >= 15 is 0 Å². The van der Waals surface area contributed by atoms with Crippen molar-refractivity contribution in [1.82, 2.24) is 50.3 Å². The lowest BCUT2D eigenvalue weighted by Crippen LogP contribution is -2.28. The summed E-state index contributed by atoms with van der Waals surface area (Å²) >= 11 is 23.5. The molecular weight excluding hydrogens is 1430 g/mol. The second-order valence-corrected chi connectivity index (χ2v) is 32.4. The van der Waals surface area contributed by atoms with Crippen LogP contribution < -0.4 is 30.0 Å². The zero-order valence-electron chi connectivity index (χ0n) is 54.4. The Morgan fingerprint density at radius 3 is 1.36 bits per heavy atom. The van der Waals surface area contributed by atoms with Gasteiger partial charge in [0.25, 0.3) is 0 Å². The first kappa shape index (κ1) is 77.0. The monoisotopic (exact) mass is 1500 g/mol. The molecule has 0 unspecified atom stereocenters. The van der Waals surface area contributed by atoms with Gasteiger partial charge in [-0.25, -0.2) is 35.6 Å². The van der Waals surface area contributed by atoms with Gasteiger partial charge in [-0.1, -0.05) is 55.6 Å². The molecule has 8 aromatic heterocycles. The van der Waals surface area contributed by atoms with Crippen molar-refractivity contribution < 1.29 is 55.1 Å². The van der Waals surface area contributed by atoms with Crippen LogP contribution in [0.2, 0.25) is 15.1 Å². The summed E-state index contributed by atoms with van der Waals surface area (Å²) < 4.78 is 97.9. The summed E-state index contributed by atoms with van der Waals surface area (Å²) in [5, 5.41) is 29.1. The number of pyridine rings is 6. The molecule has 96 heavy (non-hydrogen) atoms. The zero-order valence-corrected chi connectivity index (χ0v) is 60.7. The summed E-state index contributed by atoms with van der Waals surface area (Å²) in [6, 6.07) is 23.5. The van der Waals surface area contributed by atoms with E-state index in [9.17, 15) is 25.6 Å². The molecule has 0 spiro atoms. The van der Waals surface area contributed by atoms with Crippen LogP contribution in [0.15, 0.2) is 141 Å². The number of H-pyrrole nitrogens is 2. The minimum absolute atomic E-state index is 0. The molecule has 8 heterocycles. The molecule has 12 aromatic rings. The highest BCUT2D eigenvalue weighted by Crippen LogP contribution is 2.43. The third-order valence-electron chi connectivity index (χ3n) is 13.6. The Morgan fingerprint density at radius 1 is 0.521 bits per heavy atom. The Bertz CT molecular complexity index is 5000. The number of hydrogen-bond acceptors (Lipinski definition) is 20. The molecule has 0 atom stereocenters. The van der Waals surface area contributed by atoms with Gasteiger partial charge in [0, 0.05) is 82.5 Å². The largest absolute Gasteiger partial charge is 0.496 e. The molecule has 510 valence electrons. The number of methoxy groups -OCH3 is 4. The molecule has 22 nitrogen and oxygen atoms in total. The van der Waals surface area contributed by atoms with Crippen molar-refractivity contribution in [1.29, 1.82) is 0 Å². The predicted molar refractivity (Wildman–Crippen MR) is 383 cm³/mol. The molecule has 0 aliphatic rings. The average molecular weight is 1500 g/mol. The van der Waals surface area contributed by atoms with Crippen LogP contribution in [-0.2, 0) is 19.7 Å². The van der Waals surface area contributed by atoms with Gasteiger partial charge >= 0.3 is 0 Å². The van der Waals surface area contributed by atoms with Gasteiger partial charge in [0.05, 0.1) is 113 Å². The molecule has 12 rings (SSSR count). The number of nitrogens with one attached hydrogen (secondary N) is 3. The number of aromatic nitrogens is 10. The summed E-state index contributed by atoms with van der Waals surface area (Å²) in [5.74, 6) is 1.97. The van der Waals surface area contributed by atoms with Crippen molar-refractivity contribution in [3.05, 3.63) is 153 Å². The van der Waals surface area contributed by atoms with E-state index in [-0.39, 0.29) is 31.5 Å². The lowest BCUT2D eigenvalue weighted by atomic mass is 10.1. The number of thioether (sulfide) groups is 1. The number of anilines is 3. The number of ether oxygens (including phenoxy) is 4. The summed E-state index contributed by atoms with van der Waals surface area (Å²) in [7, 11) is -0.0706. The highest BCUT2D eigenvalue weighted by Gasteiger charge is 2.35. The molecule has 0 aliphatic heterocycles. The van der Waals surface area contributed by atoms with E-state index in [0.29, 0.717) is 71.2 Å². The van der Waals surface area contributed by atoms with E-state index in [1.807, 2.05) is 24.3 Å². The second kappa shape index (κ2) is 31.9. The first-order valence-corrected chi connectivity index (χ1v) is 34.0. The Hall–Kier alpha value is -8.06. The smallest absolute Gasteiger partial charge is 0.186 e. The molecule has 4 aromatic carbocycles. The highest BCUT2D eigenvalue weighted by atomic mass is 79.9. The maximum atomic E-state index is 13.6. The summed E-state index contributed by atoms with van der Waals surface area (Å²) in [5.41, 5.74) is 9.61. The number of rotatable bonds is 9. The van der Waals surface area contributed by atoms with Crippen LogP contribution in [0.5, 0.6) is 23.0 Å². The van der Waals surface area contributed by atoms with Crippen LogP contribution in [0.1, 0.15) is 62.3 Å². The predicted octanol–water partition coefficient (Wildman–Crippen LogP) is 15.3. The van der Waals surface area contributed by atoms with Crippen LogP contribution in [-0.4, -0.2) is 128 Å². The maximum absolute atomic E-state index is 13.6. The van der Waals surface area contributed by atoms with E-state index in [4.69, 9.17) is 64.6 Å². The normalized spacial score (nSPS) is 11.6. The molecular formula is C65H70BrCl3F2N12O10S3. The van der Waals surface area contributed by atoms with Crippen molar-refractivity contribution in [3.63, 3.8) is 0 Å². The molecule has 0 bridgehead atoms. The Balaban J connectivity index is 0.000000195. The number of hydrogen-bond donors (Lipinski definition) is 5. The Kier molecular flexibility index (Phi) is 25.5. The Morgan fingerprint density at radius 2 is 0.906 bits per heavy atom. The van der Waals surface area contributed by atoms with E-state index in [1.165, 1.54) is 32.4 Å². The molecule has 0 radical (unpaired) electrons. The van der Waals surface area contributed by atoms with Crippen LogP contribution in [0.4, 0.5) is 26.1 Å². The van der Waals surface area contributed by atoms with Gasteiger partial charge in [0.1, 0.15) is 56.1 Å². The van der Waals surface area contributed by atoms with Crippen molar-refractivity contribution >= 4 is 165 Å². The fourth-order valence-electron chi connectivity index (χ4n) is 8.74. The van der Waals surface area contributed by atoms with Gasteiger partial charge in [-0.15, -0.1) is 11.8 Å². The molecule has 0 amide bonds. The molecule has 0 saturated heterocycles. The van der Waals surface area contributed by atoms with E-state index in [0.717, 1.165) is 67.2 Å². The van der Waals surface area contributed by atoms with Gasteiger partial charge < -0.3 is 40.6 Å². The first-order valence-electron chi connectivity index (χ1n) is 28.3. The lowest BCUT2D eigenvalue weighted by molar-refractivity contribution is 0.399. The third kappa shape index (κ3) is 17.7. The summed E-state index contributed by atoms with van der Waals surface area (Å²) in [4.78, 5) is 26.0. The maximum Gasteiger partial charge on any atom is 0.186 e. The van der Waals surface area contributed by atoms with Crippen molar-refractivity contribution in [2.45, 2.75) is 91.2 Å². The minimum atomic E-state index is -3.69. The number of nitrogens with zero attached hydrogens (tertiary/aromatic N) is 8. The first-order chi connectivity index (χ1) is 44.7. The molecule has 0 aliphatic carbocycles. The number of aliphatic hydroxyl groups excluding tert-OH is 1. The highest BCUT2D eigenvalue weighted by molar-refractivity contribution is 9.10. The van der Waals surface area contributed by atoms with E-state index in [2.05, 4.69) is 98.4 Å². The van der Waals surface area contributed by atoms with Gasteiger partial charge in [-0.2, -0.15) is 10.2 Å². The molecule has 0 fully saturated rings. The molecule has 0 saturated carbocycles. The van der Waals surface area contributed by atoms with Gasteiger partial charge in [0.15, 0.2) is 31.0 Å². The standard InChI is InChI=1S/C20H20FN5O3S.C14H16ClNO3S.C14H16ClNOS.C10H7BrClNO.C6H5FN4.CH4O.H2O/c1-20(2,3)30(27,28)17-8-12-14(5-6-22-15(12)9-16(17)29-4)24-19-13-7-11(21)10-23-18(13)25-26-19;1-14(2,3)20(17,18)13-7-9-10(15)5-6-16-11(9)8-12(13)19-4;1-14(2,3)18-13-7-9-10(15)5-6-16-11(9)8-12(13)17-4;1-14-10-5-9-6(4-7(10)11)8(12)2-3-13-9;7-3-1-4-5(8)10-11-6(4)9-2-3;1-2;/h5-10H,1-4H3,(H2,22,23,24,25,26);5-8H,1-4H3;5-8H,1-4H3;2-5H,1H3;1-2H,(H3,8,9,10,11);2H,1H3;1H2. The summed E-state index contributed by atoms with van der Waals surface area (Å²) in [6.07, 6.45) is 8.73. The number of benzene rings is 4. The molecule has 31 heteroatoms. The summed E-state index contributed by atoms with van der Waals surface area (Å²) in [6.45, 7) is 16.4. The lowest BCUT2D eigenvalue weighted by Gasteiger charge is -2.21. The number of sulfone groups is 2. The van der Waals surface area contributed by atoms with Crippen LogP contribution in [0.3, 0.4) is 0 Å². The van der Waals surface area contributed by atoms with E-state index in [1.54, 1.807) is 129 Å². The number of halogens is 6. The zero-order chi connectivity index (χ0) is 70.1. The number of nitrogens with two attached hydrogens (primary N) is 1. The van der Waals surface area contributed by atoms with Crippen molar-refractivity contribution in [2.75, 3.05) is 46.6 Å². The fraction of sp³-hybridized carbons (Fsp3) is 0.262. The van der Waals surface area contributed by atoms with Crippen molar-refractivity contribution in [3.8, 4) is 23.0 Å². The van der Waals surface area contributed by atoms with Crippen LogP contribution >= 0.6 is 62.5 Å². The van der Waals surface area contributed by atoms with E-state index < -0.39 is 40.8 Å². The third-order valence-corrected chi connectivity index (χ3v) is 21.4. The second-order valence-electron chi connectivity index (χ2n) is 23.2. The average Bonchev–Trinajstić information content (AvgIpc) is 0.984. The van der Waals surface area contributed by atoms with Gasteiger partial charge in [-0.05, 0) is 118 Å². The van der Waals surface area contributed by atoms with Gasteiger partial charge in [0.2, 0.25) is 0 Å². The number of fused-ring (bicyclic) bond motifs is 6. The number of aromatic amines is 2. The van der Waals surface area contributed by atoms with Crippen molar-refractivity contribution in [2.24, 2.45) is 0 Å².